The third kappa shape index (κ3) is 5.69. The van der Waals surface area contributed by atoms with E-state index in [1.54, 1.807) is 6.08 Å². The van der Waals surface area contributed by atoms with Gasteiger partial charge in [0.25, 0.3) is 0 Å². The van der Waals surface area contributed by atoms with Crippen LogP contribution in [-0.2, 0) is 9.59 Å². The number of nitrogens with one attached hydrogen (secondary N) is 1. The minimum absolute atomic E-state index is 0.0365. The van der Waals surface area contributed by atoms with E-state index in [1.807, 2.05) is 45.0 Å². The molecule has 0 heterocycles. The van der Waals surface area contributed by atoms with E-state index < -0.39 is 11.5 Å². The summed E-state index contributed by atoms with van der Waals surface area (Å²) in [6, 6.07) is 7.78. The fraction of sp³-hybridized carbons (Fsp3) is 0.375. The van der Waals surface area contributed by atoms with Gasteiger partial charge in [0.15, 0.2) is 0 Å². The topological polar surface area (TPSA) is 66.4 Å². The maximum absolute atomic E-state index is 11.8. The summed E-state index contributed by atoms with van der Waals surface area (Å²) in [5.41, 5.74) is 1.55. The SMILES string of the molecule is Cc1ccccc1C=CC(=O)NC(C)(C)CCC(=O)O. The number of carboxylic acids is 1. The molecule has 20 heavy (non-hydrogen) atoms. The Hall–Kier alpha value is -2.10. The highest BCUT2D eigenvalue weighted by Gasteiger charge is 2.20. The lowest BCUT2D eigenvalue weighted by atomic mass is 9.98. The molecule has 4 nitrogen and oxygen atoms in total. The molecule has 0 atom stereocenters. The van der Waals surface area contributed by atoms with Crippen LogP contribution in [0.1, 0.15) is 37.8 Å². The van der Waals surface area contributed by atoms with Crippen molar-refractivity contribution in [3.8, 4) is 0 Å². The van der Waals surface area contributed by atoms with Gasteiger partial charge in [0.2, 0.25) is 5.91 Å². The van der Waals surface area contributed by atoms with Crippen molar-refractivity contribution >= 4 is 18.0 Å². The summed E-state index contributed by atoms with van der Waals surface area (Å²) >= 11 is 0. The number of carboxylic acid groups (broad SMARTS) is 1. The number of aliphatic carboxylic acids is 1. The Kier molecular flexibility index (Phi) is 5.50. The zero-order chi connectivity index (χ0) is 15.2. The first kappa shape index (κ1) is 16.0. The lowest BCUT2D eigenvalue weighted by molar-refractivity contribution is -0.137. The van der Waals surface area contributed by atoms with Crippen LogP contribution in [0.2, 0.25) is 0 Å². The van der Waals surface area contributed by atoms with Crippen molar-refractivity contribution in [1.29, 1.82) is 0 Å². The minimum atomic E-state index is -0.859. The van der Waals surface area contributed by atoms with Gasteiger partial charge in [-0.25, -0.2) is 0 Å². The Balaban J connectivity index is 2.59. The number of carbonyl (C=O) groups is 2. The van der Waals surface area contributed by atoms with Crippen molar-refractivity contribution in [2.24, 2.45) is 0 Å². The number of benzene rings is 1. The largest absolute Gasteiger partial charge is 0.481 e. The molecule has 0 aliphatic heterocycles. The van der Waals surface area contributed by atoms with Gasteiger partial charge in [0, 0.05) is 18.0 Å². The van der Waals surface area contributed by atoms with Crippen LogP contribution in [0.15, 0.2) is 30.3 Å². The number of aryl methyl sites for hydroxylation is 1. The summed E-state index contributed by atoms with van der Waals surface area (Å²) in [6.45, 7) is 5.61. The van der Waals surface area contributed by atoms with Gasteiger partial charge in [-0.3, -0.25) is 9.59 Å². The molecule has 1 rings (SSSR count). The zero-order valence-electron chi connectivity index (χ0n) is 12.1. The Morgan fingerprint density at radius 2 is 1.95 bits per heavy atom. The number of amides is 1. The van der Waals surface area contributed by atoms with Gasteiger partial charge in [0.1, 0.15) is 0 Å². The van der Waals surface area contributed by atoms with Gasteiger partial charge in [-0.15, -0.1) is 0 Å². The lowest BCUT2D eigenvalue weighted by Gasteiger charge is -2.24. The molecule has 0 saturated heterocycles. The molecular weight excluding hydrogens is 254 g/mol. The van der Waals surface area contributed by atoms with E-state index in [2.05, 4.69) is 5.32 Å². The van der Waals surface area contributed by atoms with E-state index in [9.17, 15) is 9.59 Å². The van der Waals surface area contributed by atoms with E-state index in [-0.39, 0.29) is 12.3 Å². The second-order valence-electron chi connectivity index (χ2n) is 5.46. The zero-order valence-corrected chi connectivity index (χ0v) is 12.1. The predicted molar refractivity (Wildman–Crippen MR) is 79.3 cm³/mol. The molecule has 0 fully saturated rings. The fourth-order valence-corrected chi connectivity index (χ4v) is 1.80. The monoisotopic (exact) mass is 275 g/mol. The van der Waals surface area contributed by atoms with Crippen molar-refractivity contribution in [1.82, 2.24) is 5.32 Å². The molecule has 4 heteroatoms. The van der Waals surface area contributed by atoms with E-state index in [4.69, 9.17) is 5.11 Å². The van der Waals surface area contributed by atoms with E-state index >= 15 is 0 Å². The minimum Gasteiger partial charge on any atom is -0.481 e. The molecule has 1 aromatic carbocycles. The number of hydrogen-bond acceptors (Lipinski definition) is 2. The van der Waals surface area contributed by atoms with E-state index in [0.717, 1.165) is 11.1 Å². The molecule has 0 aliphatic carbocycles. The summed E-state index contributed by atoms with van der Waals surface area (Å²) in [4.78, 5) is 22.4. The first-order chi connectivity index (χ1) is 9.30. The first-order valence-corrected chi connectivity index (χ1v) is 6.58. The van der Waals surface area contributed by atoms with Gasteiger partial charge in [0.05, 0.1) is 0 Å². The standard InChI is InChI=1S/C16H21NO3/c1-12-6-4-5-7-13(12)8-9-14(18)17-16(2,3)11-10-15(19)20/h4-9H,10-11H2,1-3H3,(H,17,18)(H,19,20). The molecule has 1 aromatic rings. The second kappa shape index (κ2) is 6.89. The number of rotatable bonds is 6. The first-order valence-electron chi connectivity index (χ1n) is 6.58. The Bertz CT molecular complexity index is 518. The third-order valence-corrected chi connectivity index (χ3v) is 3.03. The van der Waals surface area contributed by atoms with Crippen LogP contribution < -0.4 is 5.32 Å². The van der Waals surface area contributed by atoms with E-state index in [1.165, 1.54) is 6.08 Å². The van der Waals surface area contributed by atoms with Gasteiger partial charge >= 0.3 is 5.97 Å². The highest BCUT2D eigenvalue weighted by molar-refractivity contribution is 5.92. The van der Waals surface area contributed by atoms with Gasteiger partial charge in [-0.1, -0.05) is 24.3 Å². The summed E-state index contributed by atoms with van der Waals surface area (Å²) in [5, 5.41) is 11.5. The van der Waals surface area contributed by atoms with Crippen molar-refractivity contribution in [3.63, 3.8) is 0 Å². The van der Waals surface area contributed by atoms with Crippen LogP contribution >= 0.6 is 0 Å². The molecule has 108 valence electrons. The second-order valence-corrected chi connectivity index (χ2v) is 5.46. The average molecular weight is 275 g/mol. The van der Waals surface area contributed by atoms with Crippen LogP contribution in [0.3, 0.4) is 0 Å². The molecule has 0 radical (unpaired) electrons. The van der Waals surface area contributed by atoms with Gasteiger partial charge in [-0.05, 0) is 44.4 Å². The quantitative estimate of drug-likeness (QED) is 0.784. The highest BCUT2D eigenvalue weighted by Crippen LogP contribution is 2.12. The molecule has 0 aromatic heterocycles. The summed E-state index contributed by atoms with van der Waals surface area (Å²) in [7, 11) is 0. The Labute approximate surface area is 119 Å². The highest BCUT2D eigenvalue weighted by atomic mass is 16.4. The van der Waals surface area contributed by atoms with Gasteiger partial charge < -0.3 is 10.4 Å². The lowest BCUT2D eigenvalue weighted by Crippen LogP contribution is -2.42. The maximum Gasteiger partial charge on any atom is 0.303 e. The molecular formula is C16H21NO3. The summed E-state index contributed by atoms with van der Waals surface area (Å²) in [6.07, 6.45) is 3.67. The average Bonchev–Trinajstić information content (AvgIpc) is 2.35. The van der Waals surface area contributed by atoms with Crippen LogP contribution in [0.5, 0.6) is 0 Å². The molecule has 0 aliphatic rings. The van der Waals surface area contributed by atoms with E-state index in [0.29, 0.717) is 6.42 Å². The Morgan fingerprint density at radius 3 is 2.55 bits per heavy atom. The van der Waals surface area contributed by atoms with Crippen LogP contribution in [0, 0.1) is 6.92 Å². The Morgan fingerprint density at radius 1 is 1.30 bits per heavy atom. The van der Waals surface area contributed by atoms with Crippen LogP contribution in [-0.4, -0.2) is 22.5 Å². The van der Waals surface area contributed by atoms with Crippen molar-refractivity contribution in [3.05, 3.63) is 41.5 Å². The molecule has 0 spiro atoms. The number of carbonyl (C=O) groups excluding carboxylic acids is 1. The number of hydrogen-bond donors (Lipinski definition) is 2. The van der Waals surface area contributed by atoms with Crippen molar-refractivity contribution in [2.75, 3.05) is 0 Å². The smallest absolute Gasteiger partial charge is 0.303 e. The third-order valence-electron chi connectivity index (χ3n) is 3.03. The van der Waals surface area contributed by atoms with Crippen LogP contribution in [0.25, 0.3) is 6.08 Å². The normalized spacial score (nSPS) is 11.6. The van der Waals surface area contributed by atoms with Crippen molar-refractivity contribution in [2.45, 2.75) is 39.2 Å². The molecule has 0 unspecified atom stereocenters. The van der Waals surface area contributed by atoms with Crippen LogP contribution in [0.4, 0.5) is 0 Å². The predicted octanol–water partition coefficient (Wildman–Crippen LogP) is 2.77. The molecule has 0 saturated carbocycles. The summed E-state index contributed by atoms with van der Waals surface area (Å²) < 4.78 is 0. The molecule has 2 N–H and O–H groups in total. The van der Waals surface area contributed by atoms with Crippen molar-refractivity contribution < 1.29 is 14.7 Å². The van der Waals surface area contributed by atoms with Gasteiger partial charge in [-0.2, -0.15) is 0 Å². The molecule has 1 amide bonds. The fourth-order valence-electron chi connectivity index (χ4n) is 1.80. The summed E-state index contributed by atoms with van der Waals surface area (Å²) in [5.74, 6) is -1.08. The molecule has 0 bridgehead atoms. The maximum atomic E-state index is 11.8.